The number of aromatic nitrogens is 1. The molecule has 0 bridgehead atoms. The molecule has 0 aromatic carbocycles. The number of pyridine rings is 1. The highest BCUT2D eigenvalue weighted by molar-refractivity contribution is 5.85. The minimum atomic E-state index is 0. The number of methoxy groups -OCH3 is 1. The molecule has 1 saturated heterocycles. The number of hydrogen-bond donors (Lipinski definition) is 1. The van der Waals surface area contributed by atoms with Crippen molar-refractivity contribution in [2.45, 2.75) is 39.3 Å². The van der Waals surface area contributed by atoms with Gasteiger partial charge in [-0.1, -0.05) is 0 Å². The minimum Gasteiger partial charge on any atom is -0.496 e. The predicted octanol–water partition coefficient (Wildman–Crippen LogP) is 2.72. The van der Waals surface area contributed by atoms with E-state index in [9.17, 15) is 0 Å². The zero-order chi connectivity index (χ0) is 14.3. The first-order chi connectivity index (χ1) is 9.60. The van der Waals surface area contributed by atoms with E-state index in [2.05, 4.69) is 16.8 Å². The predicted molar refractivity (Wildman–Crippen MR) is 94.2 cm³/mol. The SMILES string of the molecule is COc1c(C)cnc(CN2CC3CCC(N)C3C2)c1C.Cl.Cl. The number of fused-ring (bicyclic) bond motifs is 1. The van der Waals surface area contributed by atoms with Gasteiger partial charge >= 0.3 is 0 Å². The molecule has 3 rings (SSSR count). The quantitative estimate of drug-likeness (QED) is 0.913. The van der Waals surface area contributed by atoms with Crippen molar-refractivity contribution in [1.82, 2.24) is 9.88 Å². The molecule has 1 aliphatic carbocycles. The fourth-order valence-corrected chi connectivity index (χ4v) is 3.97. The van der Waals surface area contributed by atoms with E-state index < -0.39 is 0 Å². The van der Waals surface area contributed by atoms with Gasteiger partial charge in [-0.05, 0) is 38.5 Å². The van der Waals surface area contributed by atoms with Crippen LogP contribution in [0.1, 0.15) is 29.7 Å². The molecular weight excluding hydrogens is 321 g/mol. The van der Waals surface area contributed by atoms with E-state index in [0.717, 1.165) is 36.0 Å². The molecule has 126 valence electrons. The van der Waals surface area contributed by atoms with E-state index in [1.54, 1.807) is 7.11 Å². The normalized spacial score (nSPS) is 27.0. The molecule has 0 radical (unpaired) electrons. The lowest BCUT2D eigenvalue weighted by Crippen LogP contribution is -2.30. The largest absolute Gasteiger partial charge is 0.496 e. The molecular formula is C16H27Cl2N3O. The lowest BCUT2D eigenvalue weighted by atomic mass is 9.98. The van der Waals surface area contributed by atoms with Crippen LogP contribution in [0.15, 0.2) is 6.20 Å². The summed E-state index contributed by atoms with van der Waals surface area (Å²) in [6.07, 6.45) is 4.43. The fourth-order valence-electron chi connectivity index (χ4n) is 3.97. The van der Waals surface area contributed by atoms with Crippen LogP contribution >= 0.6 is 24.8 Å². The summed E-state index contributed by atoms with van der Waals surface area (Å²) in [6, 6.07) is 0.409. The maximum absolute atomic E-state index is 6.21. The summed E-state index contributed by atoms with van der Waals surface area (Å²) in [5, 5.41) is 0. The third kappa shape index (κ3) is 3.51. The summed E-state index contributed by atoms with van der Waals surface area (Å²) in [6.45, 7) is 7.37. The van der Waals surface area contributed by atoms with Gasteiger partial charge in [0.1, 0.15) is 5.75 Å². The van der Waals surface area contributed by atoms with E-state index in [0.29, 0.717) is 12.0 Å². The van der Waals surface area contributed by atoms with Gasteiger partial charge in [0, 0.05) is 43.0 Å². The zero-order valence-corrected chi connectivity index (χ0v) is 15.2. The molecule has 2 fully saturated rings. The second-order valence-corrected chi connectivity index (χ2v) is 6.41. The fraction of sp³-hybridized carbons (Fsp3) is 0.688. The Morgan fingerprint density at radius 2 is 2.00 bits per heavy atom. The first kappa shape index (κ1) is 19.5. The van der Waals surface area contributed by atoms with Crippen LogP contribution in [0.2, 0.25) is 0 Å². The summed E-state index contributed by atoms with van der Waals surface area (Å²) < 4.78 is 5.49. The number of aryl methyl sites for hydroxylation is 1. The highest BCUT2D eigenvalue weighted by Gasteiger charge is 2.40. The van der Waals surface area contributed by atoms with Crippen molar-refractivity contribution < 1.29 is 4.74 Å². The second-order valence-electron chi connectivity index (χ2n) is 6.41. The number of hydrogen-bond acceptors (Lipinski definition) is 4. The van der Waals surface area contributed by atoms with Crippen LogP contribution in [-0.2, 0) is 6.54 Å². The van der Waals surface area contributed by atoms with Gasteiger partial charge in [0.15, 0.2) is 0 Å². The maximum Gasteiger partial charge on any atom is 0.128 e. The molecule has 1 aliphatic heterocycles. The van der Waals surface area contributed by atoms with Crippen molar-refractivity contribution in [3.63, 3.8) is 0 Å². The van der Waals surface area contributed by atoms with Crippen molar-refractivity contribution >= 4 is 24.8 Å². The Labute approximate surface area is 145 Å². The Morgan fingerprint density at radius 1 is 1.27 bits per heavy atom. The van der Waals surface area contributed by atoms with Gasteiger partial charge in [0.05, 0.1) is 12.8 Å². The molecule has 2 heterocycles. The van der Waals surface area contributed by atoms with E-state index in [-0.39, 0.29) is 24.8 Å². The summed E-state index contributed by atoms with van der Waals surface area (Å²) in [4.78, 5) is 7.12. The lowest BCUT2D eigenvalue weighted by molar-refractivity contribution is 0.293. The Balaban J connectivity index is 0.00000121. The average Bonchev–Trinajstić information content (AvgIpc) is 2.96. The molecule has 2 aliphatic rings. The standard InChI is InChI=1S/C16H25N3O.2ClH/c1-10-6-18-15(11(2)16(10)20-3)9-19-7-12-4-5-14(17)13(12)8-19;;/h6,12-14H,4-5,7-9,17H2,1-3H3;2*1H. The van der Waals surface area contributed by atoms with Crippen molar-refractivity contribution in [1.29, 1.82) is 0 Å². The average molecular weight is 348 g/mol. The van der Waals surface area contributed by atoms with Crippen LogP contribution < -0.4 is 10.5 Å². The van der Waals surface area contributed by atoms with Crippen LogP contribution in [0.3, 0.4) is 0 Å². The Morgan fingerprint density at radius 3 is 2.64 bits per heavy atom. The summed E-state index contributed by atoms with van der Waals surface area (Å²) in [7, 11) is 1.73. The minimum absolute atomic E-state index is 0. The molecule has 0 spiro atoms. The number of nitrogens with zero attached hydrogens (tertiary/aromatic N) is 2. The molecule has 3 atom stereocenters. The highest BCUT2D eigenvalue weighted by atomic mass is 35.5. The number of nitrogens with two attached hydrogens (primary N) is 1. The molecule has 3 unspecified atom stereocenters. The second kappa shape index (κ2) is 7.82. The van der Waals surface area contributed by atoms with Gasteiger partial charge in [-0.2, -0.15) is 0 Å². The lowest BCUT2D eigenvalue weighted by Gasteiger charge is -2.20. The molecule has 0 amide bonds. The summed E-state index contributed by atoms with van der Waals surface area (Å²) in [5.74, 6) is 2.48. The van der Waals surface area contributed by atoms with Crippen LogP contribution in [0.25, 0.3) is 0 Å². The third-order valence-corrected chi connectivity index (χ3v) is 5.11. The van der Waals surface area contributed by atoms with Gasteiger partial charge < -0.3 is 10.5 Å². The topological polar surface area (TPSA) is 51.4 Å². The van der Waals surface area contributed by atoms with Crippen LogP contribution in [0, 0.1) is 25.7 Å². The van der Waals surface area contributed by atoms with Gasteiger partial charge in [-0.15, -0.1) is 24.8 Å². The first-order valence-corrected chi connectivity index (χ1v) is 7.57. The number of rotatable bonds is 3. The van der Waals surface area contributed by atoms with Crippen LogP contribution in [0.5, 0.6) is 5.75 Å². The number of likely N-dealkylation sites (tertiary alicyclic amines) is 1. The Kier molecular flexibility index (Phi) is 6.93. The number of halogens is 2. The molecule has 1 aromatic rings. The molecule has 1 saturated carbocycles. The van der Waals surface area contributed by atoms with E-state index in [4.69, 9.17) is 10.5 Å². The Bertz CT molecular complexity index is 512. The summed E-state index contributed by atoms with van der Waals surface area (Å²) in [5.41, 5.74) is 9.63. The molecule has 4 nitrogen and oxygen atoms in total. The van der Waals surface area contributed by atoms with Crippen molar-refractivity contribution in [2.75, 3.05) is 20.2 Å². The first-order valence-electron chi connectivity index (χ1n) is 7.57. The third-order valence-electron chi connectivity index (χ3n) is 5.11. The van der Waals surface area contributed by atoms with E-state index in [1.165, 1.54) is 24.9 Å². The van der Waals surface area contributed by atoms with E-state index in [1.807, 2.05) is 13.1 Å². The van der Waals surface area contributed by atoms with Crippen LogP contribution in [-0.4, -0.2) is 36.1 Å². The maximum atomic E-state index is 6.21. The zero-order valence-electron chi connectivity index (χ0n) is 13.5. The summed E-state index contributed by atoms with van der Waals surface area (Å²) >= 11 is 0. The molecule has 2 N–H and O–H groups in total. The van der Waals surface area contributed by atoms with E-state index >= 15 is 0 Å². The molecule has 1 aromatic heterocycles. The van der Waals surface area contributed by atoms with Crippen molar-refractivity contribution in [3.05, 3.63) is 23.0 Å². The number of ether oxygens (including phenoxy) is 1. The van der Waals surface area contributed by atoms with Crippen molar-refractivity contribution in [3.8, 4) is 5.75 Å². The molecule has 22 heavy (non-hydrogen) atoms. The van der Waals surface area contributed by atoms with Gasteiger partial charge in [-0.3, -0.25) is 9.88 Å². The van der Waals surface area contributed by atoms with Gasteiger partial charge in [-0.25, -0.2) is 0 Å². The molecule has 6 heteroatoms. The van der Waals surface area contributed by atoms with Gasteiger partial charge in [0.2, 0.25) is 0 Å². The van der Waals surface area contributed by atoms with Crippen LogP contribution in [0.4, 0.5) is 0 Å². The smallest absolute Gasteiger partial charge is 0.128 e. The monoisotopic (exact) mass is 347 g/mol. The van der Waals surface area contributed by atoms with Gasteiger partial charge in [0.25, 0.3) is 0 Å². The highest BCUT2D eigenvalue weighted by Crippen LogP contribution is 2.38. The van der Waals surface area contributed by atoms with Crippen molar-refractivity contribution in [2.24, 2.45) is 17.6 Å². The Hall–Kier alpha value is -0.550.